The summed E-state index contributed by atoms with van der Waals surface area (Å²) in [6.07, 6.45) is 4.39. The van der Waals surface area contributed by atoms with Crippen LogP contribution in [0.4, 0.5) is 4.79 Å². The van der Waals surface area contributed by atoms with Gasteiger partial charge in [-0.15, -0.1) is 0 Å². The van der Waals surface area contributed by atoms with Gasteiger partial charge in [0.1, 0.15) is 13.2 Å². The number of cyclic esters (lactones) is 1. The predicted molar refractivity (Wildman–Crippen MR) is 111 cm³/mol. The van der Waals surface area contributed by atoms with E-state index in [0.29, 0.717) is 32.7 Å². The number of likely N-dealkylation sites (tertiary alicyclic amines) is 1. The molecule has 1 N–H and O–H groups in total. The fourth-order valence-electron chi connectivity index (χ4n) is 3.92. The van der Waals surface area contributed by atoms with Crippen LogP contribution >= 0.6 is 0 Å². The Hall–Kier alpha value is -2.68. The second-order valence-corrected chi connectivity index (χ2v) is 7.98. The van der Waals surface area contributed by atoms with E-state index in [0.717, 1.165) is 25.0 Å². The van der Waals surface area contributed by atoms with E-state index in [-0.39, 0.29) is 30.4 Å². The molecule has 9 nitrogen and oxygen atoms in total. The molecule has 164 valence electrons. The monoisotopic (exact) mass is 417 g/mol. The smallest absolute Gasteiger partial charge is 0.410 e. The molecule has 3 amide bonds. The van der Waals surface area contributed by atoms with Crippen molar-refractivity contribution in [1.82, 2.24) is 25.0 Å². The number of rotatable bonds is 9. The van der Waals surface area contributed by atoms with Gasteiger partial charge < -0.3 is 15.0 Å². The Balaban J connectivity index is 1.37. The number of ether oxygens (including phenoxy) is 1. The van der Waals surface area contributed by atoms with Crippen LogP contribution in [0.2, 0.25) is 0 Å². The van der Waals surface area contributed by atoms with Crippen molar-refractivity contribution in [3.63, 3.8) is 0 Å². The molecule has 3 rings (SSSR count). The first-order valence-corrected chi connectivity index (χ1v) is 10.5. The lowest BCUT2D eigenvalue weighted by atomic mass is 10.1. The summed E-state index contributed by atoms with van der Waals surface area (Å²) < 4.78 is 4.83. The lowest BCUT2D eigenvalue weighted by molar-refractivity contribution is -0.131. The van der Waals surface area contributed by atoms with E-state index < -0.39 is 6.09 Å². The summed E-state index contributed by atoms with van der Waals surface area (Å²) >= 11 is 0. The maximum Gasteiger partial charge on any atom is 0.410 e. The molecule has 0 spiro atoms. The standard InChI is InChI=1S/C21H31N5O4/c1-24(10-8-16-5-3-4-9-22-16)20(28)13-17-6-7-18(25(17)2)14-23-19(27)15-26-11-12-30-21(26)29/h3-5,9,17-18H,6-8,10-15H2,1-2H3,(H,23,27)/t17-,18+/m1/s1. The van der Waals surface area contributed by atoms with Crippen molar-refractivity contribution in [1.29, 1.82) is 0 Å². The lowest BCUT2D eigenvalue weighted by Crippen LogP contribution is -2.45. The maximum absolute atomic E-state index is 12.6. The van der Waals surface area contributed by atoms with Gasteiger partial charge in [-0.05, 0) is 32.0 Å². The normalized spacial score (nSPS) is 21.5. The second-order valence-electron chi connectivity index (χ2n) is 7.98. The Labute approximate surface area is 177 Å². The van der Waals surface area contributed by atoms with Crippen molar-refractivity contribution in [3.05, 3.63) is 30.1 Å². The summed E-state index contributed by atoms with van der Waals surface area (Å²) in [5.41, 5.74) is 0.980. The highest BCUT2D eigenvalue weighted by atomic mass is 16.6. The minimum absolute atomic E-state index is 0.0260. The molecular weight excluding hydrogens is 386 g/mol. The number of nitrogens with zero attached hydrogens (tertiary/aromatic N) is 4. The van der Waals surface area contributed by atoms with E-state index in [2.05, 4.69) is 15.2 Å². The lowest BCUT2D eigenvalue weighted by Gasteiger charge is -2.27. The number of carbonyl (C=O) groups is 3. The van der Waals surface area contributed by atoms with Gasteiger partial charge in [0.15, 0.2) is 0 Å². The molecule has 0 aliphatic carbocycles. The minimum atomic E-state index is -0.436. The summed E-state index contributed by atoms with van der Waals surface area (Å²) in [4.78, 5) is 45.8. The highest BCUT2D eigenvalue weighted by Gasteiger charge is 2.33. The van der Waals surface area contributed by atoms with Crippen molar-refractivity contribution in [2.24, 2.45) is 0 Å². The zero-order chi connectivity index (χ0) is 21.5. The van der Waals surface area contributed by atoms with E-state index in [1.807, 2.05) is 32.3 Å². The number of nitrogens with one attached hydrogen (secondary N) is 1. The maximum atomic E-state index is 12.6. The summed E-state index contributed by atoms with van der Waals surface area (Å²) in [6.45, 7) is 1.97. The SMILES string of the molecule is CN(CCc1ccccn1)C(=O)C[C@H]1CC[C@@H](CNC(=O)CN2CCOC2=O)N1C. The molecule has 2 atom stereocenters. The predicted octanol–water partition coefficient (Wildman–Crippen LogP) is 0.504. The highest BCUT2D eigenvalue weighted by molar-refractivity contribution is 5.82. The van der Waals surface area contributed by atoms with Crippen LogP contribution in [0.15, 0.2) is 24.4 Å². The molecule has 0 saturated carbocycles. The fourth-order valence-corrected chi connectivity index (χ4v) is 3.92. The van der Waals surface area contributed by atoms with Gasteiger partial charge in [-0.2, -0.15) is 0 Å². The van der Waals surface area contributed by atoms with Gasteiger partial charge >= 0.3 is 6.09 Å². The molecule has 1 aromatic rings. The van der Waals surface area contributed by atoms with Crippen LogP contribution in [0.5, 0.6) is 0 Å². The molecular formula is C21H31N5O4. The van der Waals surface area contributed by atoms with E-state index in [4.69, 9.17) is 4.74 Å². The Morgan fingerprint density at radius 1 is 1.30 bits per heavy atom. The van der Waals surface area contributed by atoms with Gasteiger partial charge in [0, 0.05) is 57.0 Å². The summed E-state index contributed by atoms with van der Waals surface area (Å²) in [5.74, 6) is -0.0592. The fraction of sp³-hybridized carbons (Fsp3) is 0.619. The molecule has 0 bridgehead atoms. The first kappa shape index (κ1) is 22.0. The largest absolute Gasteiger partial charge is 0.448 e. The van der Waals surface area contributed by atoms with Crippen LogP contribution in [0, 0.1) is 0 Å². The number of likely N-dealkylation sites (N-methyl/N-ethyl adjacent to an activating group) is 2. The molecule has 2 saturated heterocycles. The molecule has 3 heterocycles. The van der Waals surface area contributed by atoms with Crippen molar-refractivity contribution in [2.75, 3.05) is 46.9 Å². The molecule has 30 heavy (non-hydrogen) atoms. The first-order valence-electron chi connectivity index (χ1n) is 10.5. The van der Waals surface area contributed by atoms with Crippen LogP contribution in [0.3, 0.4) is 0 Å². The van der Waals surface area contributed by atoms with Crippen LogP contribution < -0.4 is 5.32 Å². The Bertz CT molecular complexity index is 744. The Morgan fingerprint density at radius 3 is 2.80 bits per heavy atom. The third-order valence-corrected chi connectivity index (χ3v) is 5.96. The molecule has 2 fully saturated rings. The molecule has 0 aromatic carbocycles. The number of pyridine rings is 1. The zero-order valence-corrected chi connectivity index (χ0v) is 17.7. The first-order chi connectivity index (χ1) is 14.4. The van der Waals surface area contributed by atoms with Crippen LogP contribution in [0.1, 0.15) is 25.0 Å². The number of hydrogen-bond acceptors (Lipinski definition) is 6. The topological polar surface area (TPSA) is 95.1 Å². The highest BCUT2D eigenvalue weighted by Crippen LogP contribution is 2.24. The van der Waals surface area contributed by atoms with Gasteiger partial charge in [-0.25, -0.2) is 4.79 Å². The average Bonchev–Trinajstić information content (AvgIpc) is 3.30. The molecule has 0 unspecified atom stereocenters. The van der Waals surface area contributed by atoms with Crippen LogP contribution in [-0.2, 0) is 20.7 Å². The third kappa shape index (κ3) is 5.91. The van der Waals surface area contributed by atoms with Crippen molar-refractivity contribution in [2.45, 2.75) is 37.8 Å². The Kier molecular flexibility index (Phi) is 7.62. The van der Waals surface area contributed by atoms with Gasteiger partial charge in [-0.1, -0.05) is 6.07 Å². The third-order valence-electron chi connectivity index (χ3n) is 5.96. The summed E-state index contributed by atoms with van der Waals surface area (Å²) in [7, 11) is 3.84. The van der Waals surface area contributed by atoms with E-state index in [1.54, 1.807) is 11.1 Å². The van der Waals surface area contributed by atoms with Crippen LogP contribution in [-0.4, -0.2) is 96.6 Å². The van der Waals surface area contributed by atoms with Gasteiger partial charge in [0.2, 0.25) is 11.8 Å². The van der Waals surface area contributed by atoms with Gasteiger partial charge in [0.05, 0.1) is 6.54 Å². The number of carbonyl (C=O) groups excluding carboxylic acids is 3. The summed E-state index contributed by atoms with van der Waals surface area (Å²) in [5, 5.41) is 2.91. The molecule has 2 aliphatic rings. The number of amides is 3. The minimum Gasteiger partial charge on any atom is -0.448 e. The summed E-state index contributed by atoms with van der Waals surface area (Å²) in [6, 6.07) is 6.16. The Morgan fingerprint density at radius 2 is 2.10 bits per heavy atom. The molecule has 0 radical (unpaired) electrons. The second kappa shape index (κ2) is 10.4. The van der Waals surface area contributed by atoms with Crippen LogP contribution in [0.25, 0.3) is 0 Å². The van der Waals surface area contributed by atoms with E-state index >= 15 is 0 Å². The number of hydrogen-bond donors (Lipinski definition) is 1. The molecule has 9 heteroatoms. The number of aromatic nitrogens is 1. The van der Waals surface area contributed by atoms with Crippen molar-refractivity contribution in [3.8, 4) is 0 Å². The zero-order valence-electron chi connectivity index (χ0n) is 17.7. The van der Waals surface area contributed by atoms with Gasteiger partial charge in [-0.3, -0.25) is 24.4 Å². The molecule has 1 aromatic heterocycles. The average molecular weight is 418 g/mol. The quantitative estimate of drug-likeness (QED) is 0.629. The van der Waals surface area contributed by atoms with Gasteiger partial charge in [0.25, 0.3) is 0 Å². The molecule has 2 aliphatic heterocycles. The van der Waals surface area contributed by atoms with Crippen molar-refractivity contribution < 1.29 is 19.1 Å². The van der Waals surface area contributed by atoms with E-state index in [1.165, 1.54) is 4.90 Å². The van der Waals surface area contributed by atoms with E-state index in [9.17, 15) is 14.4 Å². The van der Waals surface area contributed by atoms with Crippen molar-refractivity contribution >= 4 is 17.9 Å².